The van der Waals surface area contributed by atoms with Gasteiger partial charge in [0.05, 0.1) is 24.7 Å². The van der Waals surface area contributed by atoms with Crippen molar-refractivity contribution in [1.29, 1.82) is 5.26 Å². The van der Waals surface area contributed by atoms with Gasteiger partial charge in [0.2, 0.25) is 0 Å². The van der Waals surface area contributed by atoms with E-state index in [-0.39, 0.29) is 6.42 Å². The lowest BCUT2D eigenvalue weighted by Gasteiger charge is -2.30. The summed E-state index contributed by atoms with van der Waals surface area (Å²) >= 11 is 0. The van der Waals surface area contributed by atoms with E-state index in [0.717, 1.165) is 0 Å². The van der Waals surface area contributed by atoms with E-state index in [4.69, 9.17) is 15.1 Å². The number of hydrogen-bond donors (Lipinski definition) is 2. The van der Waals surface area contributed by atoms with Crippen molar-refractivity contribution < 1.29 is 14.9 Å². The smallest absolute Gasteiger partial charge is 0.107 e. The van der Waals surface area contributed by atoms with Crippen LogP contribution in [0.15, 0.2) is 0 Å². The molecule has 0 aliphatic carbocycles. The Labute approximate surface area is 65.0 Å². The second kappa shape index (κ2) is 3.67. The highest BCUT2D eigenvalue weighted by Gasteiger charge is 2.30. The number of ether oxygens (including phenoxy) is 1. The first kappa shape index (κ1) is 8.47. The molecule has 4 nitrogen and oxygen atoms in total. The van der Waals surface area contributed by atoms with Crippen LogP contribution in [0.1, 0.15) is 12.8 Å². The summed E-state index contributed by atoms with van der Waals surface area (Å²) in [7, 11) is 0. The molecule has 1 aliphatic rings. The van der Waals surface area contributed by atoms with Gasteiger partial charge in [-0.2, -0.15) is 5.26 Å². The van der Waals surface area contributed by atoms with Crippen LogP contribution in [0.4, 0.5) is 0 Å². The number of aliphatic hydroxyl groups is 2. The van der Waals surface area contributed by atoms with E-state index in [1.54, 1.807) is 0 Å². The van der Waals surface area contributed by atoms with Crippen LogP contribution in [0, 0.1) is 11.3 Å². The molecule has 1 fully saturated rings. The average Bonchev–Trinajstić information content (AvgIpc) is 1.99. The zero-order chi connectivity index (χ0) is 8.27. The number of nitrogens with zero attached hydrogens (tertiary/aromatic N) is 1. The maximum absolute atomic E-state index is 9.24. The molecule has 0 amide bonds. The van der Waals surface area contributed by atoms with Gasteiger partial charge in [-0.05, 0) is 6.42 Å². The SMILES string of the molecule is N#CCC1OCC[C@@H](O)[C@H]1O. The van der Waals surface area contributed by atoms with Crippen LogP contribution in [-0.2, 0) is 4.74 Å². The van der Waals surface area contributed by atoms with E-state index in [0.29, 0.717) is 13.0 Å². The lowest BCUT2D eigenvalue weighted by atomic mass is 10.0. The molecular weight excluding hydrogens is 146 g/mol. The molecule has 11 heavy (non-hydrogen) atoms. The van der Waals surface area contributed by atoms with Crippen LogP contribution < -0.4 is 0 Å². The average molecular weight is 157 g/mol. The van der Waals surface area contributed by atoms with Crippen LogP contribution in [0.3, 0.4) is 0 Å². The molecule has 1 rings (SSSR count). The predicted octanol–water partition coefficient (Wildman–Crippen LogP) is -0.589. The van der Waals surface area contributed by atoms with Gasteiger partial charge in [0.25, 0.3) is 0 Å². The van der Waals surface area contributed by atoms with Crippen molar-refractivity contribution in [2.45, 2.75) is 31.2 Å². The monoisotopic (exact) mass is 157 g/mol. The van der Waals surface area contributed by atoms with Gasteiger partial charge in [-0.25, -0.2) is 0 Å². The Balaban J connectivity index is 2.45. The Morgan fingerprint density at radius 2 is 2.27 bits per heavy atom. The van der Waals surface area contributed by atoms with Gasteiger partial charge in [0.1, 0.15) is 6.10 Å². The molecule has 3 atom stereocenters. The zero-order valence-corrected chi connectivity index (χ0v) is 6.10. The van der Waals surface area contributed by atoms with E-state index < -0.39 is 18.3 Å². The quantitative estimate of drug-likeness (QED) is 0.533. The Kier molecular flexibility index (Phi) is 2.83. The highest BCUT2D eigenvalue weighted by atomic mass is 16.5. The molecular formula is C7H11NO3. The molecule has 0 radical (unpaired) electrons. The van der Waals surface area contributed by atoms with Gasteiger partial charge in [-0.15, -0.1) is 0 Å². The number of hydrogen-bond acceptors (Lipinski definition) is 4. The van der Waals surface area contributed by atoms with Crippen molar-refractivity contribution in [3.8, 4) is 6.07 Å². The highest BCUT2D eigenvalue weighted by molar-refractivity contribution is 4.87. The highest BCUT2D eigenvalue weighted by Crippen LogP contribution is 2.16. The van der Waals surface area contributed by atoms with Gasteiger partial charge in [0, 0.05) is 6.61 Å². The predicted molar refractivity (Wildman–Crippen MR) is 36.6 cm³/mol. The second-order valence-corrected chi connectivity index (χ2v) is 2.62. The topological polar surface area (TPSA) is 73.5 Å². The van der Waals surface area contributed by atoms with Gasteiger partial charge in [-0.1, -0.05) is 0 Å². The first-order chi connectivity index (χ1) is 5.25. The van der Waals surface area contributed by atoms with E-state index in [9.17, 15) is 5.11 Å². The molecule has 62 valence electrons. The van der Waals surface area contributed by atoms with E-state index in [1.807, 2.05) is 6.07 Å². The van der Waals surface area contributed by atoms with Gasteiger partial charge in [-0.3, -0.25) is 0 Å². The van der Waals surface area contributed by atoms with Gasteiger partial charge in [0.15, 0.2) is 0 Å². The van der Waals surface area contributed by atoms with Crippen LogP contribution >= 0.6 is 0 Å². The van der Waals surface area contributed by atoms with E-state index >= 15 is 0 Å². The van der Waals surface area contributed by atoms with Crippen LogP contribution in [0.25, 0.3) is 0 Å². The molecule has 0 bridgehead atoms. The first-order valence-corrected chi connectivity index (χ1v) is 3.60. The number of nitriles is 1. The van der Waals surface area contributed by atoms with Crippen molar-refractivity contribution in [2.24, 2.45) is 0 Å². The minimum absolute atomic E-state index is 0.137. The number of aliphatic hydroxyl groups excluding tert-OH is 2. The summed E-state index contributed by atoms with van der Waals surface area (Å²) < 4.78 is 5.07. The van der Waals surface area contributed by atoms with Crippen LogP contribution in [-0.4, -0.2) is 35.1 Å². The minimum Gasteiger partial charge on any atom is -0.390 e. The normalized spacial score (nSPS) is 38.1. The molecule has 1 aliphatic heterocycles. The molecule has 0 spiro atoms. The summed E-state index contributed by atoms with van der Waals surface area (Å²) in [5, 5.41) is 26.7. The van der Waals surface area contributed by atoms with Crippen molar-refractivity contribution >= 4 is 0 Å². The molecule has 2 N–H and O–H groups in total. The third-order valence-corrected chi connectivity index (χ3v) is 1.81. The minimum atomic E-state index is -0.900. The van der Waals surface area contributed by atoms with E-state index in [1.165, 1.54) is 0 Å². The third-order valence-electron chi connectivity index (χ3n) is 1.81. The molecule has 4 heteroatoms. The number of rotatable bonds is 1. The summed E-state index contributed by atoms with van der Waals surface area (Å²) in [5.41, 5.74) is 0. The Morgan fingerprint density at radius 3 is 2.91 bits per heavy atom. The lowest BCUT2D eigenvalue weighted by Crippen LogP contribution is -2.44. The summed E-state index contributed by atoms with van der Waals surface area (Å²) in [6, 6.07) is 1.89. The van der Waals surface area contributed by atoms with Gasteiger partial charge >= 0.3 is 0 Å². The molecule has 0 aromatic heterocycles. The molecule has 0 aromatic carbocycles. The maximum atomic E-state index is 9.24. The van der Waals surface area contributed by atoms with Crippen molar-refractivity contribution in [2.75, 3.05) is 6.61 Å². The third kappa shape index (κ3) is 1.90. The van der Waals surface area contributed by atoms with Crippen LogP contribution in [0.5, 0.6) is 0 Å². The molecule has 1 unspecified atom stereocenters. The van der Waals surface area contributed by atoms with Crippen molar-refractivity contribution in [3.05, 3.63) is 0 Å². The largest absolute Gasteiger partial charge is 0.390 e. The molecule has 0 saturated carbocycles. The second-order valence-electron chi connectivity index (χ2n) is 2.62. The fraction of sp³-hybridized carbons (Fsp3) is 0.857. The Morgan fingerprint density at radius 1 is 1.55 bits per heavy atom. The summed E-state index contributed by atoms with van der Waals surface area (Å²) in [4.78, 5) is 0. The van der Waals surface area contributed by atoms with Crippen molar-refractivity contribution in [1.82, 2.24) is 0 Å². The molecule has 1 heterocycles. The molecule has 0 aromatic rings. The fourth-order valence-corrected chi connectivity index (χ4v) is 1.13. The lowest BCUT2D eigenvalue weighted by molar-refractivity contribution is -0.132. The summed E-state index contributed by atoms with van der Waals surface area (Å²) in [6.45, 7) is 0.421. The van der Waals surface area contributed by atoms with Crippen molar-refractivity contribution in [3.63, 3.8) is 0 Å². The first-order valence-electron chi connectivity index (χ1n) is 3.60. The zero-order valence-electron chi connectivity index (χ0n) is 6.10. The molecule has 1 saturated heterocycles. The van der Waals surface area contributed by atoms with E-state index in [2.05, 4.69) is 0 Å². The Hall–Kier alpha value is -0.630. The summed E-state index contributed by atoms with van der Waals surface area (Å²) in [6.07, 6.45) is -1.56. The maximum Gasteiger partial charge on any atom is 0.107 e. The fourth-order valence-electron chi connectivity index (χ4n) is 1.13. The van der Waals surface area contributed by atoms with Gasteiger partial charge < -0.3 is 14.9 Å². The summed E-state index contributed by atoms with van der Waals surface area (Å²) in [5.74, 6) is 0. The standard InChI is InChI=1S/C7H11NO3/c8-3-1-6-7(10)5(9)2-4-11-6/h5-7,9-10H,1-2,4H2/t5-,6?,7-/m1/s1. The Bertz CT molecular complexity index is 166. The van der Waals surface area contributed by atoms with Crippen LogP contribution in [0.2, 0.25) is 0 Å².